The second kappa shape index (κ2) is 7.45. The third-order valence-corrected chi connectivity index (χ3v) is 5.14. The van der Waals surface area contributed by atoms with Gasteiger partial charge in [-0.25, -0.2) is 13.1 Å². The first-order chi connectivity index (χ1) is 9.69. The lowest BCUT2D eigenvalue weighted by Crippen LogP contribution is -2.41. The molecule has 1 aromatic rings. The highest BCUT2D eigenvalue weighted by atomic mass is 35.5. The van der Waals surface area contributed by atoms with Crippen LogP contribution >= 0.6 is 11.6 Å². The average Bonchev–Trinajstić information content (AvgIpc) is 2.39. The van der Waals surface area contributed by atoms with E-state index in [4.69, 9.17) is 22.1 Å². The predicted octanol–water partition coefficient (Wildman–Crippen LogP) is 2.57. The van der Waals surface area contributed by atoms with Crippen molar-refractivity contribution in [1.82, 2.24) is 4.72 Å². The van der Waals surface area contributed by atoms with Gasteiger partial charge in [0.25, 0.3) is 0 Å². The Morgan fingerprint density at radius 3 is 2.48 bits per heavy atom. The maximum absolute atomic E-state index is 12.4. The minimum atomic E-state index is -3.69. The van der Waals surface area contributed by atoms with Gasteiger partial charge in [-0.05, 0) is 37.5 Å². The summed E-state index contributed by atoms with van der Waals surface area (Å²) in [7, 11) is -3.69. The van der Waals surface area contributed by atoms with Crippen molar-refractivity contribution in [2.24, 2.45) is 5.92 Å². The smallest absolute Gasteiger partial charge is 0.241 e. The van der Waals surface area contributed by atoms with Crippen LogP contribution in [-0.2, 0) is 14.8 Å². The molecule has 0 saturated carbocycles. The molecule has 1 rings (SSSR count). The van der Waals surface area contributed by atoms with E-state index in [1.54, 1.807) is 6.92 Å². The van der Waals surface area contributed by atoms with Gasteiger partial charge in [0.1, 0.15) is 0 Å². The Kier molecular flexibility index (Phi) is 6.46. The van der Waals surface area contributed by atoms with Crippen LogP contribution in [0.5, 0.6) is 0 Å². The molecule has 1 aromatic carbocycles. The SMILES string of the molecule is CCOCC(NS(=O)(=O)c1cc(N)c(C)c(Cl)c1)C(C)C. The maximum Gasteiger partial charge on any atom is 0.241 e. The number of hydrogen-bond donors (Lipinski definition) is 2. The fourth-order valence-electron chi connectivity index (χ4n) is 1.70. The lowest BCUT2D eigenvalue weighted by molar-refractivity contribution is 0.116. The summed E-state index contributed by atoms with van der Waals surface area (Å²) in [6.07, 6.45) is 0. The largest absolute Gasteiger partial charge is 0.398 e. The monoisotopic (exact) mass is 334 g/mol. The van der Waals surface area contributed by atoms with Crippen LogP contribution in [0.15, 0.2) is 17.0 Å². The normalized spacial score (nSPS) is 13.6. The van der Waals surface area contributed by atoms with Crippen LogP contribution in [-0.4, -0.2) is 27.7 Å². The molecule has 0 aromatic heterocycles. The summed E-state index contributed by atoms with van der Waals surface area (Å²) in [6.45, 7) is 8.34. The van der Waals surface area contributed by atoms with E-state index in [0.717, 1.165) is 0 Å². The summed E-state index contributed by atoms with van der Waals surface area (Å²) in [6, 6.07) is 2.52. The standard InChI is InChI=1S/C14H23ClN2O3S/c1-5-20-8-14(9(2)3)17-21(18,19)11-6-12(15)10(4)13(16)7-11/h6-7,9,14,17H,5,8,16H2,1-4H3. The Morgan fingerprint density at radius 2 is 2.00 bits per heavy atom. The molecule has 1 atom stereocenters. The van der Waals surface area contributed by atoms with Crippen LogP contribution in [0.1, 0.15) is 26.3 Å². The summed E-state index contributed by atoms with van der Waals surface area (Å²) in [4.78, 5) is 0.0674. The molecule has 0 aliphatic rings. The number of halogens is 1. The third kappa shape index (κ3) is 4.85. The van der Waals surface area contributed by atoms with Gasteiger partial charge >= 0.3 is 0 Å². The topological polar surface area (TPSA) is 81.4 Å². The Hall–Kier alpha value is -0.820. The van der Waals surface area contributed by atoms with E-state index < -0.39 is 10.0 Å². The first-order valence-corrected chi connectivity index (χ1v) is 8.70. The van der Waals surface area contributed by atoms with Crippen molar-refractivity contribution in [3.8, 4) is 0 Å². The molecule has 0 aliphatic heterocycles. The Bertz CT molecular complexity index is 565. The van der Waals surface area contributed by atoms with E-state index in [1.165, 1.54) is 12.1 Å². The number of nitrogen functional groups attached to an aromatic ring is 1. The number of rotatable bonds is 7. The first-order valence-electron chi connectivity index (χ1n) is 6.84. The Labute approximate surface area is 131 Å². The van der Waals surface area contributed by atoms with E-state index in [-0.39, 0.29) is 16.9 Å². The average molecular weight is 335 g/mol. The summed E-state index contributed by atoms with van der Waals surface area (Å²) >= 11 is 6.01. The molecule has 120 valence electrons. The Balaban J connectivity index is 3.04. The zero-order chi connectivity index (χ0) is 16.2. The van der Waals surface area contributed by atoms with Gasteiger partial charge in [0, 0.05) is 23.4 Å². The number of hydrogen-bond acceptors (Lipinski definition) is 4. The van der Waals surface area contributed by atoms with Gasteiger partial charge in [-0.2, -0.15) is 0 Å². The van der Waals surface area contributed by atoms with Gasteiger partial charge in [0.15, 0.2) is 0 Å². The second-order valence-electron chi connectivity index (χ2n) is 5.25. The molecule has 0 spiro atoms. The minimum absolute atomic E-state index is 0.0674. The molecule has 3 N–H and O–H groups in total. The third-order valence-electron chi connectivity index (χ3n) is 3.28. The summed E-state index contributed by atoms with van der Waals surface area (Å²) < 4.78 is 32.9. The molecule has 0 amide bonds. The molecule has 0 heterocycles. The quantitative estimate of drug-likeness (QED) is 0.751. The van der Waals surface area contributed by atoms with Crippen LogP contribution in [0.4, 0.5) is 5.69 Å². The van der Waals surface area contributed by atoms with Crippen molar-refractivity contribution in [3.63, 3.8) is 0 Å². The lowest BCUT2D eigenvalue weighted by atomic mass is 10.1. The van der Waals surface area contributed by atoms with Crippen LogP contribution in [0.25, 0.3) is 0 Å². The van der Waals surface area contributed by atoms with E-state index in [2.05, 4.69) is 4.72 Å². The van der Waals surface area contributed by atoms with Crippen molar-refractivity contribution in [3.05, 3.63) is 22.7 Å². The number of nitrogens with two attached hydrogens (primary N) is 1. The van der Waals surface area contributed by atoms with Crippen LogP contribution in [0, 0.1) is 12.8 Å². The molecule has 0 radical (unpaired) electrons. The molecular weight excluding hydrogens is 312 g/mol. The zero-order valence-electron chi connectivity index (χ0n) is 12.8. The summed E-state index contributed by atoms with van der Waals surface area (Å²) in [5, 5.41) is 0.335. The predicted molar refractivity (Wildman–Crippen MR) is 86.0 cm³/mol. The van der Waals surface area contributed by atoms with Gasteiger partial charge in [0.2, 0.25) is 10.0 Å². The van der Waals surface area contributed by atoms with Gasteiger partial charge in [-0.3, -0.25) is 0 Å². The Morgan fingerprint density at radius 1 is 1.38 bits per heavy atom. The van der Waals surface area contributed by atoms with E-state index in [1.807, 2.05) is 20.8 Å². The fraction of sp³-hybridized carbons (Fsp3) is 0.571. The highest BCUT2D eigenvalue weighted by molar-refractivity contribution is 7.89. The van der Waals surface area contributed by atoms with Crippen molar-refractivity contribution in [2.45, 2.75) is 38.6 Å². The van der Waals surface area contributed by atoms with Gasteiger partial charge < -0.3 is 10.5 Å². The van der Waals surface area contributed by atoms with Crippen LogP contribution in [0.2, 0.25) is 5.02 Å². The number of anilines is 1. The zero-order valence-corrected chi connectivity index (χ0v) is 14.4. The first kappa shape index (κ1) is 18.2. The molecular formula is C14H23ClN2O3S. The molecule has 5 nitrogen and oxygen atoms in total. The molecule has 0 saturated heterocycles. The van der Waals surface area contributed by atoms with Crippen molar-refractivity contribution >= 4 is 27.3 Å². The molecule has 1 unspecified atom stereocenters. The van der Waals surface area contributed by atoms with Crippen molar-refractivity contribution in [2.75, 3.05) is 18.9 Å². The van der Waals surface area contributed by atoms with Gasteiger partial charge in [-0.15, -0.1) is 0 Å². The molecule has 7 heteroatoms. The number of nitrogens with one attached hydrogen (secondary N) is 1. The van der Waals surface area contributed by atoms with E-state index in [9.17, 15) is 8.42 Å². The van der Waals surface area contributed by atoms with Gasteiger partial charge in [-0.1, -0.05) is 25.4 Å². The molecule has 21 heavy (non-hydrogen) atoms. The maximum atomic E-state index is 12.4. The second-order valence-corrected chi connectivity index (χ2v) is 7.37. The fourth-order valence-corrected chi connectivity index (χ4v) is 3.43. The van der Waals surface area contributed by atoms with Crippen molar-refractivity contribution in [1.29, 1.82) is 0 Å². The van der Waals surface area contributed by atoms with E-state index in [0.29, 0.717) is 29.5 Å². The van der Waals surface area contributed by atoms with E-state index >= 15 is 0 Å². The van der Waals surface area contributed by atoms with Gasteiger partial charge in [0.05, 0.1) is 11.5 Å². The molecule has 0 bridgehead atoms. The summed E-state index contributed by atoms with van der Waals surface area (Å²) in [5.41, 5.74) is 6.81. The van der Waals surface area contributed by atoms with Crippen LogP contribution < -0.4 is 10.5 Å². The number of sulfonamides is 1. The summed E-state index contributed by atoms with van der Waals surface area (Å²) in [5.74, 6) is 0.101. The highest BCUT2D eigenvalue weighted by Crippen LogP contribution is 2.26. The lowest BCUT2D eigenvalue weighted by Gasteiger charge is -2.22. The molecule has 0 fully saturated rings. The minimum Gasteiger partial charge on any atom is -0.398 e. The highest BCUT2D eigenvalue weighted by Gasteiger charge is 2.23. The van der Waals surface area contributed by atoms with Crippen molar-refractivity contribution < 1.29 is 13.2 Å². The number of benzene rings is 1. The van der Waals surface area contributed by atoms with Crippen LogP contribution in [0.3, 0.4) is 0 Å². The number of ether oxygens (including phenoxy) is 1. The molecule has 0 aliphatic carbocycles.